The quantitative estimate of drug-likeness (QED) is 0.647. The van der Waals surface area contributed by atoms with E-state index in [-0.39, 0.29) is 16.7 Å². The highest BCUT2D eigenvalue weighted by atomic mass is 16.4. The molecule has 5 heteroatoms. The summed E-state index contributed by atoms with van der Waals surface area (Å²) in [6, 6.07) is 3.49. The molecular weight excluding hydrogens is 234 g/mol. The minimum atomic E-state index is -1.13. The van der Waals surface area contributed by atoms with Crippen LogP contribution >= 0.6 is 0 Å². The number of amides is 2. The van der Waals surface area contributed by atoms with Crippen LogP contribution < -0.4 is 0 Å². The molecule has 0 bridgehead atoms. The molecule has 1 atom stereocenters. The predicted molar refractivity (Wildman–Crippen MR) is 63.6 cm³/mol. The zero-order chi connectivity index (χ0) is 13.4. The Labute approximate surface area is 103 Å². The van der Waals surface area contributed by atoms with Gasteiger partial charge >= 0.3 is 5.97 Å². The van der Waals surface area contributed by atoms with Gasteiger partial charge in [-0.3, -0.25) is 14.5 Å². The number of nitrogens with zero attached hydrogens (tertiary/aromatic N) is 1. The van der Waals surface area contributed by atoms with Gasteiger partial charge in [-0.2, -0.15) is 0 Å². The van der Waals surface area contributed by atoms with Crippen LogP contribution in [0, 0.1) is 0 Å². The summed E-state index contributed by atoms with van der Waals surface area (Å²) in [4.78, 5) is 36.0. The summed E-state index contributed by atoms with van der Waals surface area (Å²) in [5.41, 5.74) is 0.357. The molecule has 1 unspecified atom stereocenters. The molecule has 0 radical (unpaired) electrons. The van der Waals surface area contributed by atoms with Crippen molar-refractivity contribution in [2.45, 2.75) is 13.0 Å². The fourth-order valence-corrected chi connectivity index (χ4v) is 1.87. The van der Waals surface area contributed by atoms with E-state index in [1.165, 1.54) is 24.3 Å². The van der Waals surface area contributed by atoms with Crippen LogP contribution in [0.2, 0.25) is 0 Å². The van der Waals surface area contributed by atoms with Gasteiger partial charge in [0.05, 0.1) is 22.7 Å². The number of fused-ring (bicyclic) bond motifs is 1. The number of benzene rings is 1. The van der Waals surface area contributed by atoms with Gasteiger partial charge in [-0.25, -0.2) is 4.79 Å². The number of imide groups is 1. The molecule has 0 aromatic heterocycles. The minimum absolute atomic E-state index is 0.0111. The summed E-state index contributed by atoms with van der Waals surface area (Å²) in [6.07, 6.45) is 1.49. The summed E-state index contributed by atoms with van der Waals surface area (Å²) in [7, 11) is 0. The lowest BCUT2D eigenvalue weighted by molar-refractivity contribution is 0.0624. The van der Waals surface area contributed by atoms with E-state index in [2.05, 4.69) is 6.58 Å². The van der Waals surface area contributed by atoms with E-state index in [1.807, 2.05) is 0 Å². The molecule has 0 saturated carbocycles. The van der Waals surface area contributed by atoms with Gasteiger partial charge in [0, 0.05) is 0 Å². The Morgan fingerprint density at radius 2 is 1.94 bits per heavy atom. The zero-order valence-electron chi connectivity index (χ0n) is 9.71. The predicted octanol–water partition coefficient (Wildman–Crippen LogP) is 1.56. The van der Waals surface area contributed by atoms with E-state index in [0.29, 0.717) is 0 Å². The first-order valence-corrected chi connectivity index (χ1v) is 5.35. The summed E-state index contributed by atoms with van der Waals surface area (Å²) < 4.78 is 0. The van der Waals surface area contributed by atoms with Crippen LogP contribution in [0.5, 0.6) is 0 Å². The molecule has 0 aliphatic carbocycles. The van der Waals surface area contributed by atoms with Gasteiger partial charge in [-0.1, -0.05) is 6.08 Å². The van der Waals surface area contributed by atoms with E-state index in [9.17, 15) is 14.4 Å². The second-order valence-corrected chi connectivity index (χ2v) is 4.02. The Morgan fingerprint density at radius 1 is 1.33 bits per heavy atom. The van der Waals surface area contributed by atoms with E-state index in [0.717, 1.165) is 4.90 Å². The number of rotatable bonds is 3. The number of hydrogen-bond acceptors (Lipinski definition) is 3. The van der Waals surface area contributed by atoms with Crippen LogP contribution in [0.1, 0.15) is 38.0 Å². The molecular formula is C13H11NO4. The second-order valence-electron chi connectivity index (χ2n) is 4.02. The average molecular weight is 245 g/mol. The van der Waals surface area contributed by atoms with Gasteiger partial charge in [0.1, 0.15) is 0 Å². The van der Waals surface area contributed by atoms with Crippen molar-refractivity contribution in [1.82, 2.24) is 4.90 Å². The number of aromatic carboxylic acids is 1. The largest absolute Gasteiger partial charge is 0.478 e. The molecule has 0 spiro atoms. The molecule has 1 heterocycles. The van der Waals surface area contributed by atoms with Crippen molar-refractivity contribution in [3.63, 3.8) is 0 Å². The van der Waals surface area contributed by atoms with E-state index in [1.54, 1.807) is 6.92 Å². The molecule has 92 valence electrons. The Bertz CT molecular complexity index is 576. The first-order chi connectivity index (χ1) is 8.47. The SMILES string of the molecule is C=CC(C)N1C(=O)c2ccc(C(=O)O)cc2C1=O. The fourth-order valence-electron chi connectivity index (χ4n) is 1.87. The third kappa shape index (κ3) is 1.60. The molecule has 1 N–H and O–H groups in total. The normalized spacial score (nSPS) is 15.5. The molecule has 0 fully saturated rings. The van der Waals surface area contributed by atoms with Gasteiger partial charge in [0.15, 0.2) is 0 Å². The van der Waals surface area contributed by atoms with E-state index < -0.39 is 23.8 Å². The van der Waals surface area contributed by atoms with Crippen molar-refractivity contribution in [2.24, 2.45) is 0 Å². The topological polar surface area (TPSA) is 74.7 Å². The van der Waals surface area contributed by atoms with Gasteiger partial charge in [0.25, 0.3) is 11.8 Å². The standard InChI is InChI=1S/C13H11NO4/c1-3-7(2)14-11(15)9-5-4-8(13(17)18)6-10(9)12(14)16/h3-7H,1H2,2H3,(H,17,18). The number of hydrogen-bond donors (Lipinski definition) is 1. The molecule has 5 nitrogen and oxygen atoms in total. The maximum Gasteiger partial charge on any atom is 0.335 e. The summed E-state index contributed by atoms with van der Waals surface area (Å²) in [6.45, 7) is 5.22. The van der Waals surface area contributed by atoms with Gasteiger partial charge in [-0.15, -0.1) is 6.58 Å². The zero-order valence-corrected chi connectivity index (χ0v) is 9.71. The second kappa shape index (κ2) is 4.10. The van der Waals surface area contributed by atoms with Gasteiger partial charge < -0.3 is 5.11 Å². The van der Waals surface area contributed by atoms with Crippen LogP contribution in [0.3, 0.4) is 0 Å². The van der Waals surface area contributed by atoms with Crippen molar-refractivity contribution < 1.29 is 19.5 Å². The first kappa shape index (κ1) is 12.0. The van der Waals surface area contributed by atoms with E-state index in [4.69, 9.17) is 5.11 Å². The number of carboxylic acid groups (broad SMARTS) is 1. The van der Waals surface area contributed by atoms with Crippen LogP contribution in [0.15, 0.2) is 30.9 Å². The highest BCUT2D eigenvalue weighted by molar-refractivity contribution is 6.22. The van der Waals surface area contributed by atoms with E-state index >= 15 is 0 Å². The Kier molecular flexibility index (Phi) is 2.74. The Balaban J connectivity index is 2.52. The maximum absolute atomic E-state index is 12.0. The minimum Gasteiger partial charge on any atom is -0.478 e. The van der Waals surface area contributed by atoms with Crippen LogP contribution in [0.4, 0.5) is 0 Å². The summed E-state index contributed by atoms with van der Waals surface area (Å²) in [5.74, 6) is -2.03. The Hall–Kier alpha value is -2.43. The summed E-state index contributed by atoms with van der Waals surface area (Å²) in [5, 5.41) is 8.86. The molecule has 0 saturated heterocycles. The summed E-state index contributed by atoms with van der Waals surface area (Å²) >= 11 is 0. The van der Waals surface area contributed by atoms with Crippen molar-refractivity contribution in [2.75, 3.05) is 0 Å². The molecule has 1 aliphatic rings. The number of carbonyl (C=O) groups is 3. The van der Waals surface area contributed by atoms with Crippen LogP contribution in [-0.2, 0) is 0 Å². The van der Waals surface area contributed by atoms with Crippen molar-refractivity contribution in [3.8, 4) is 0 Å². The lowest BCUT2D eigenvalue weighted by Crippen LogP contribution is -2.36. The smallest absolute Gasteiger partial charge is 0.335 e. The van der Waals surface area contributed by atoms with Crippen molar-refractivity contribution >= 4 is 17.8 Å². The number of carboxylic acids is 1. The Morgan fingerprint density at radius 3 is 2.50 bits per heavy atom. The van der Waals surface area contributed by atoms with Gasteiger partial charge in [0.2, 0.25) is 0 Å². The average Bonchev–Trinajstić information content (AvgIpc) is 2.61. The molecule has 2 amide bonds. The maximum atomic E-state index is 12.0. The first-order valence-electron chi connectivity index (χ1n) is 5.35. The van der Waals surface area contributed by atoms with Crippen molar-refractivity contribution in [3.05, 3.63) is 47.5 Å². The molecule has 2 rings (SSSR count). The molecule has 18 heavy (non-hydrogen) atoms. The molecule has 1 aromatic rings. The lowest BCUT2D eigenvalue weighted by Gasteiger charge is -2.18. The fraction of sp³-hybridized carbons (Fsp3) is 0.154. The lowest BCUT2D eigenvalue weighted by atomic mass is 10.1. The van der Waals surface area contributed by atoms with Crippen LogP contribution in [-0.4, -0.2) is 33.8 Å². The number of carbonyl (C=O) groups excluding carboxylic acids is 2. The highest BCUT2D eigenvalue weighted by Crippen LogP contribution is 2.26. The molecule has 1 aromatic carbocycles. The third-order valence-electron chi connectivity index (χ3n) is 2.91. The van der Waals surface area contributed by atoms with Crippen molar-refractivity contribution in [1.29, 1.82) is 0 Å². The highest BCUT2D eigenvalue weighted by Gasteiger charge is 2.37. The third-order valence-corrected chi connectivity index (χ3v) is 2.91. The van der Waals surface area contributed by atoms with Gasteiger partial charge in [-0.05, 0) is 25.1 Å². The van der Waals surface area contributed by atoms with Crippen LogP contribution in [0.25, 0.3) is 0 Å². The molecule has 1 aliphatic heterocycles. The monoisotopic (exact) mass is 245 g/mol.